The van der Waals surface area contributed by atoms with Crippen LogP contribution in [0.1, 0.15) is 15.9 Å². The summed E-state index contributed by atoms with van der Waals surface area (Å²) in [5.74, 6) is -5.27. The first kappa shape index (κ1) is 15.8. The van der Waals surface area contributed by atoms with Crippen molar-refractivity contribution in [3.8, 4) is 17.2 Å². The molecular weight excluding hydrogens is 308 g/mol. The van der Waals surface area contributed by atoms with E-state index < -0.39 is 45.6 Å². The van der Waals surface area contributed by atoms with Crippen molar-refractivity contribution in [2.75, 3.05) is 0 Å². The minimum atomic E-state index is -1.46. The highest BCUT2D eigenvalue weighted by Crippen LogP contribution is 2.39. The van der Waals surface area contributed by atoms with E-state index in [-0.39, 0.29) is 10.9 Å². The van der Waals surface area contributed by atoms with Gasteiger partial charge in [0.15, 0.2) is 17.2 Å². The van der Waals surface area contributed by atoms with E-state index in [1.165, 1.54) is 0 Å². The van der Waals surface area contributed by atoms with Gasteiger partial charge >= 0.3 is 11.9 Å². The highest BCUT2D eigenvalue weighted by Gasteiger charge is 2.17. The van der Waals surface area contributed by atoms with E-state index in [2.05, 4.69) is 0 Å². The first-order valence-electron chi connectivity index (χ1n) is 6.12. The Bertz CT molecular complexity index is 927. The molecule has 5 N–H and O–H groups in total. The monoisotopic (exact) mass is 318 g/mol. The van der Waals surface area contributed by atoms with Crippen molar-refractivity contribution in [2.45, 2.75) is 0 Å². The Kier molecular flexibility index (Phi) is 3.91. The molecule has 0 heterocycles. The molecule has 0 amide bonds. The standard InChI is InChI=1S/C15H10O8/c16-9-4-6(1-2-11(18)19)8-3-7(15(22)23)5-10(17)14(21)12(8)13(9)20/h1-5,16,20H,(H,17,21)(H,18,19)(H,22,23). The summed E-state index contributed by atoms with van der Waals surface area (Å²) < 4.78 is 0. The number of rotatable bonds is 3. The average Bonchev–Trinajstić information content (AvgIpc) is 2.59. The molecule has 0 atom stereocenters. The Morgan fingerprint density at radius 1 is 0.957 bits per heavy atom. The molecule has 2 rings (SSSR count). The van der Waals surface area contributed by atoms with E-state index in [0.717, 1.165) is 18.2 Å². The van der Waals surface area contributed by atoms with Gasteiger partial charge in [0.25, 0.3) is 0 Å². The lowest BCUT2D eigenvalue weighted by atomic mass is 10.0. The van der Waals surface area contributed by atoms with Crippen LogP contribution < -0.4 is 5.43 Å². The first-order chi connectivity index (χ1) is 10.7. The molecule has 0 saturated carbocycles. The fourth-order valence-electron chi connectivity index (χ4n) is 2.04. The maximum atomic E-state index is 11.8. The van der Waals surface area contributed by atoms with Crippen molar-refractivity contribution in [1.29, 1.82) is 0 Å². The molecule has 0 radical (unpaired) electrons. The first-order valence-corrected chi connectivity index (χ1v) is 6.12. The maximum Gasteiger partial charge on any atom is 0.335 e. The molecule has 0 aliphatic rings. The van der Waals surface area contributed by atoms with Gasteiger partial charge < -0.3 is 25.5 Å². The minimum absolute atomic E-state index is 0.00824. The van der Waals surface area contributed by atoms with Gasteiger partial charge in [0, 0.05) is 12.1 Å². The van der Waals surface area contributed by atoms with E-state index in [9.17, 15) is 29.7 Å². The van der Waals surface area contributed by atoms with Crippen LogP contribution in [0.3, 0.4) is 0 Å². The molecule has 0 aromatic heterocycles. The van der Waals surface area contributed by atoms with Crippen LogP contribution in [-0.2, 0) is 4.79 Å². The van der Waals surface area contributed by atoms with Gasteiger partial charge in [-0.15, -0.1) is 0 Å². The summed E-state index contributed by atoms with van der Waals surface area (Å²) in [6, 6.07) is 2.62. The summed E-state index contributed by atoms with van der Waals surface area (Å²) in [4.78, 5) is 33.5. The summed E-state index contributed by atoms with van der Waals surface area (Å²) in [7, 11) is 0. The van der Waals surface area contributed by atoms with Gasteiger partial charge in [-0.2, -0.15) is 0 Å². The third-order valence-corrected chi connectivity index (χ3v) is 3.06. The van der Waals surface area contributed by atoms with Gasteiger partial charge in [-0.25, -0.2) is 9.59 Å². The smallest absolute Gasteiger partial charge is 0.335 e. The lowest BCUT2D eigenvalue weighted by Crippen LogP contribution is -2.00. The molecule has 0 aliphatic carbocycles. The van der Waals surface area contributed by atoms with Gasteiger partial charge in [-0.1, -0.05) is 0 Å². The molecule has 2 aromatic carbocycles. The zero-order valence-corrected chi connectivity index (χ0v) is 11.3. The number of hydrogen-bond acceptors (Lipinski definition) is 6. The Morgan fingerprint density at radius 2 is 1.61 bits per heavy atom. The normalized spacial score (nSPS) is 11.0. The van der Waals surface area contributed by atoms with E-state index >= 15 is 0 Å². The summed E-state index contributed by atoms with van der Waals surface area (Å²) >= 11 is 0. The molecule has 0 spiro atoms. The summed E-state index contributed by atoms with van der Waals surface area (Å²) in [5, 5.41) is 46.6. The number of carbonyl (C=O) groups is 2. The van der Waals surface area contributed by atoms with Gasteiger partial charge in [-0.05, 0) is 29.2 Å². The Balaban J connectivity index is 3.08. The van der Waals surface area contributed by atoms with Crippen molar-refractivity contribution in [1.82, 2.24) is 0 Å². The summed E-state index contributed by atoms with van der Waals surface area (Å²) in [5.41, 5.74) is -1.56. The summed E-state index contributed by atoms with van der Waals surface area (Å²) in [6.07, 6.45) is 1.74. The number of benzene rings is 1. The number of hydrogen-bond donors (Lipinski definition) is 5. The van der Waals surface area contributed by atoms with Gasteiger partial charge in [0.1, 0.15) is 0 Å². The molecule has 0 aliphatic heterocycles. The third kappa shape index (κ3) is 2.91. The molecule has 8 heteroatoms. The number of phenolic OH excluding ortho intramolecular Hbond substituents is 2. The number of aliphatic carboxylic acids is 1. The van der Waals surface area contributed by atoms with Crippen LogP contribution in [0.2, 0.25) is 0 Å². The molecule has 0 unspecified atom stereocenters. The second-order valence-electron chi connectivity index (χ2n) is 4.56. The Hall–Kier alpha value is -3.55. The van der Waals surface area contributed by atoms with Crippen molar-refractivity contribution in [3.05, 3.63) is 45.6 Å². The van der Waals surface area contributed by atoms with Crippen molar-refractivity contribution < 1.29 is 35.1 Å². The van der Waals surface area contributed by atoms with Crippen molar-refractivity contribution >= 4 is 28.8 Å². The van der Waals surface area contributed by atoms with Crippen LogP contribution in [0, 0.1) is 0 Å². The second-order valence-corrected chi connectivity index (χ2v) is 4.56. The van der Waals surface area contributed by atoms with Gasteiger partial charge in [-0.3, -0.25) is 4.79 Å². The molecule has 0 bridgehead atoms. The van der Waals surface area contributed by atoms with Gasteiger partial charge in [0.2, 0.25) is 5.43 Å². The largest absolute Gasteiger partial charge is 0.504 e. The van der Waals surface area contributed by atoms with Crippen molar-refractivity contribution in [2.24, 2.45) is 0 Å². The third-order valence-electron chi connectivity index (χ3n) is 3.06. The molecular formula is C15H10O8. The van der Waals surface area contributed by atoms with Gasteiger partial charge in [0.05, 0.1) is 10.9 Å². The van der Waals surface area contributed by atoms with Crippen LogP contribution in [0.15, 0.2) is 29.1 Å². The SMILES string of the molecule is O=C(O)C=Cc1cc(O)c(O)c2c(O)c(=O)cc(C(=O)O)cc12. The van der Waals surface area contributed by atoms with E-state index in [0.29, 0.717) is 12.1 Å². The molecule has 0 fully saturated rings. The highest BCUT2D eigenvalue weighted by atomic mass is 16.4. The number of aromatic carboxylic acids is 1. The zero-order chi connectivity index (χ0) is 17.3. The number of carboxylic acids is 2. The van der Waals surface area contributed by atoms with Crippen molar-refractivity contribution in [3.63, 3.8) is 0 Å². The van der Waals surface area contributed by atoms with E-state index in [1.807, 2.05) is 0 Å². The quantitative estimate of drug-likeness (QED) is 0.417. The highest BCUT2D eigenvalue weighted by molar-refractivity contribution is 6.03. The second kappa shape index (κ2) is 5.68. The maximum absolute atomic E-state index is 11.8. The topological polar surface area (TPSA) is 152 Å². The zero-order valence-electron chi connectivity index (χ0n) is 11.3. The molecule has 118 valence electrons. The fourth-order valence-corrected chi connectivity index (χ4v) is 2.04. The molecule has 0 saturated heterocycles. The predicted octanol–water partition coefficient (Wildman–Crippen LogP) is 1.11. The number of phenols is 2. The lowest BCUT2D eigenvalue weighted by molar-refractivity contribution is -0.131. The number of carboxylic acid groups (broad SMARTS) is 2. The fraction of sp³-hybridized carbons (Fsp3) is 0. The van der Waals surface area contributed by atoms with Crippen LogP contribution in [0.4, 0.5) is 0 Å². The Morgan fingerprint density at radius 3 is 2.17 bits per heavy atom. The van der Waals surface area contributed by atoms with E-state index in [4.69, 9.17) is 10.2 Å². The number of fused-ring (bicyclic) bond motifs is 1. The van der Waals surface area contributed by atoms with Crippen LogP contribution in [0.5, 0.6) is 17.2 Å². The van der Waals surface area contributed by atoms with Crippen LogP contribution in [-0.4, -0.2) is 37.5 Å². The minimum Gasteiger partial charge on any atom is -0.504 e. The number of aromatic hydroxyl groups is 3. The van der Waals surface area contributed by atoms with Crippen LogP contribution in [0.25, 0.3) is 16.8 Å². The predicted molar refractivity (Wildman–Crippen MR) is 78.8 cm³/mol. The average molecular weight is 318 g/mol. The molecule has 23 heavy (non-hydrogen) atoms. The summed E-state index contributed by atoms with van der Waals surface area (Å²) in [6.45, 7) is 0. The van der Waals surface area contributed by atoms with Crippen LogP contribution >= 0.6 is 0 Å². The lowest BCUT2D eigenvalue weighted by Gasteiger charge is -2.06. The molecule has 2 aromatic rings. The molecule has 8 nitrogen and oxygen atoms in total. The van der Waals surface area contributed by atoms with E-state index in [1.54, 1.807) is 0 Å². The Labute approximate surface area is 127 Å².